The highest BCUT2D eigenvalue weighted by molar-refractivity contribution is 6.18. The number of aryl methyl sites for hydroxylation is 1. The van der Waals surface area contributed by atoms with Crippen molar-refractivity contribution in [1.82, 2.24) is 14.5 Å². The van der Waals surface area contributed by atoms with Gasteiger partial charge in [0.1, 0.15) is 5.69 Å². The van der Waals surface area contributed by atoms with Gasteiger partial charge in [-0.15, -0.1) is 0 Å². The maximum Gasteiger partial charge on any atom is 0.331 e. The lowest BCUT2D eigenvalue weighted by molar-refractivity contribution is 0.221. The Balaban J connectivity index is 2.23. The molecule has 0 aliphatic carbocycles. The molecule has 0 N–H and O–H groups in total. The third kappa shape index (κ3) is 0.937. The van der Waals surface area contributed by atoms with Crippen LogP contribution >= 0.6 is 0 Å². The van der Waals surface area contributed by atoms with Gasteiger partial charge in [0, 0.05) is 14.1 Å². The van der Waals surface area contributed by atoms with E-state index in [0.717, 1.165) is 11.5 Å². The zero-order chi connectivity index (χ0) is 11.4. The second-order valence-electron chi connectivity index (χ2n) is 4.25. The molecule has 6 heteroatoms. The summed E-state index contributed by atoms with van der Waals surface area (Å²) in [6, 6.07) is 0.0861. The number of carbonyl (C=O) groups is 1. The van der Waals surface area contributed by atoms with E-state index < -0.39 is 0 Å². The van der Waals surface area contributed by atoms with Crippen LogP contribution < -0.4 is 4.90 Å². The summed E-state index contributed by atoms with van der Waals surface area (Å²) in [6.07, 6.45) is 1.71. The molecule has 0 aromatic carbocycles. The van der Waals surface area contributed by atoms with Crippen LogP contribution in [0.4, 0.5) is 10.6 Å². The number of carbonyl (C=O) groups excluding carboxylic acids is 1. The second kappa shape index (κ2) is 2.84. The number of anilines is 1. The first-order valence-electron chi connectivity index (χ1n) is 5.24. The van der Waals surface area contributed by atoms with Crippen molar-refractivity contribution in [3.8, 4) is 0 Å². The van der Waals surface area contributed by atoms with Crippen LogP contribution in [0.15, 0.2) is 11.3 Å². The predicted octanol–water partition coefficient (Wildman–Crippen LogP) is 0.441. The van der Waals surface area contributed by atoms with Crippen molar-refractivity contribution in [2.24, 2.45) is 12.0 Å². The van der Waals surface area contributed by atoms with Crippen LogP contribution in [0.1, 0.15) is 12.6 Å². The number of hydrogen-bond donors (Lipinski definition) is 0. The van der Waals surface area contributed by atoms with Crippen molar-refractivity contribution < 1.29 is 4.79 Å². The molecular weight excluding hydrogens is 206 g/mol. The number of hydrogen-bond acceptors (Lipinski definition) is 3. The fourth-order valence-corrected chi connectivity index (χ4v) is 2.23. The monoisotopic (exact) mass is 219 g/mol. The lowest BCUT2D eigenvalue weighted by Crippen LogP contribution is -2.51. The summed E-state index contributed by atoms with van der Waals surface area (Å²) < 4.78 is 1.90. The van der Waals surface area contributed by atoms with Crippen LogP contribution in [0, 0.1) is 0 Å². The predicted molar refractivity (Wildman–Crippen MR) is 59.7 cm³/mol. The fraction of sp³-hybridized carbons (Fsp3) is 0.500. The molecule has 0 saturated carbocycles. The molecule has 2 aliphatic heterocycles. The summed E-state index contributed by atoms with van der Waals surface area (Å²) in [5, 5.41) is 0. The van der Waals surface area contributed by atoms with E-state index in [2.05, 4.69) is 9.98 Å². The lowest BCUT2D eigenvalue weighted by atomic mass is 10.2. The molecule has 3 rings (SSSR count). The highest BCUT2D eigenvalue weighted by Gasteiger charge is 2.41. The minimum Gasteiger partial charge on any atom is -0.329 e. The Morgan fingerprint density at radius 3 is 2.94 bits per heavy atom. The number of amides is 2. The Morgan fingerprint density at radius 2 is 2.19 bits per heavy atom. The van der Waals surface area contributed by atoms with E-state index in [-0.39, 0.29) is 12.1 Å². The third-order valence-electron chi connectivity index (χ3n) is 3.11. The average molecular weight is 219 g/mol. The number of nitrogens with zero attached hydrogens (tertiary/aromatic N) is 5. The number of aliphatic imine (C=N–C) groups is 1. The Morgan fingerprint density at radius 1 is 1.44 bits per heavy atom. The van der Waals surface area contributed by atoms with E-state index in [1.54, 1.807) is 23.2 Å². The Kier molecular flexibility index (Phi) is 1.66. The number of imidazole rings is 1. The third-order valence-corrected chi connectivity index (χ3v) is 3.11. The first-order chi connectivity index (χ1) is 7.61. The first-order valence-corrected chi connectivity index (χ1v) is 5.24. The van der Waals surface area contributed by atoms with E-state index in [0.29, 0.717) is 12.4 Å². The zero-order valence-corrected chi connectivity index (χ0v) is 9.51. The van der Waals surface area contributed by atoms with Gasteiger partial charge in [-0.3, -0.25) is 14.8 Å². The van der Waals surface area contributed by atoms with Gasteiger partial charge in [-0.1, -0.05) is 0 Å². The Bertz CT molecular complexity index is 503. The molecule has 0 radical (unpaired) electrons. The highest BCUT2D eigenvalue weighted by Crippen LogP contribution is 2.30. The molecule has 0 spiro atoms. The van der Waals surface area contributed by atoms with E-state index in [1.807, 2.05) is 18.5 Å². The van der Waals surface area contributed by atoms with Gasteiger partial charge in [0.15, 0.2) is 11.7 Å². The van der Waals surface area contributed by atoms with Gasteiger partial charge in [-0.2, -0.15) is 0 Å². The van der Waals surface area contributed by atoms with Crippen LogP contribution in [-0.2, 0) is 7.05 Å². The molecule has 2 aliphatic rings. The molecule has 0 unspecified atom stereocenters. The summed E-state index contributed by atoms with van der Waals surface area (Å²) in [5.41, 5.74) is 0.923. The molecule has 1 atom stereocenters. The summed E-state index contributed by atoms with van der Waals surface area (Å²) in [4.78, 5) is 24.1. The van der Waals surface area contributed by atoms with Gasteiger partial charge in [-0.05, 0) is 6.92 Å². The van der Waals surface area contributed by atoms with E-state index in [9.17, 15) is 4.79 Å². The maximum absolute atomic E-state index is 12.1. The van der Waals surface area contributed by atoms with Gasteiger partial charge in [0.2, 0.25) is 0 Å². The molecule has 2 amide bonds. The number of fused-ring (bicyclic) bond motifs is 3. The van der Waals surface area contributed by atoms with E-state index in [4.69, 9.17) is 0 Å². The smallest absolute Gasteiger partial charge is 0.329 e. The minimum atomic E-state index is -0.0463. The van der Waals surface area contributed by atoms with Crippen LogP contribution in [0.3, 0.4) is 0 Å². The lowest BCUT2D eigenvalue weighted by Gasteiger charge is -2.32. The largest absolute Gasteiger partial charge is 0.331 e. The molecular formula is C10H13N5O. The molecule has 3 heterocycles. The summed E-state index contributed by atoms with van der Waals surface area (Å²) in [7, 11) is 3.66. The molecule has 84 valence electrons. The van der Waals surface area contributed by atoms with Crippen molar-refractivity contribution in [3.63, 3.8) is 0 Å². The van der Waals surface area contributed by atoms with E-state index >= 15 is 0 Å². The van der Waals surface area contributed by atoms with Crippen molar-refractivity contribution in [2.75, 3.05) is 18.5 Å². The van der Waals surface area contributed by atoms with Gasteiger partial charge in [0.25, 0.3) is 0 Å². The SMILES string of the molecule is C[C@@H]1CN=C2c3c(ncn3C)N(C)C(=O)N21. The van der Waals surface area contributed by atoms with Crippen LogP contribution in [-0.4, -0.2) is 46.0 Å². The molecule has 1 aromatic rings. The van der Waals surface area contributed by atoms with Crippen LogP contribution in [0.2, 0.25) is 0 Å². The quantitative estimate of drug-likeness (QED) is 0.635. The summed E-state index contributed by atoms with van der Waals surface area (Å²) in [6.45, 7) is 2.67. The van der Waals surface area contributed by atoms with Gasteiger partial charge in [-0.25, -0.2) is 9.78 Å². The first kappa shape index (κ1) is 9.38. The van der Waals surface area contributed by atoms with Gasteiger partial charge < -0.3 is 4.57 Å². The molecule has 6 nitrogen and oxygen atoms in total. The fourth-order valence-electron chi connectivity index (χ4n) is 2.23. The van der Waals surface area contributed by atoms with Crippen LogP contribution in [0.25, 0.3) is 0 Å². The van der Waals surface area contributed by atoms with Gasteiger partial charge in [0.05, 0.1) is 18.9 Å². The number of aromatic nitrogens is 2. The average Bonchev–Trinajstić information content (AvgIpc) is 2.79. The standard InChI is InChI=1S/C10H13N5O/c1-6-4-11-9-7-8(12-5-13(7)2)14(3)10(16)15(6)9/h5-6H,4H2,1-3H3/t6-/m1/s1. The second-order valence-corrected chi connectivity index (χ2v) is 4.25. The molecule has 1 aromatic heterocycles. The summed E-state index contributed by atoms with van der Waals surface area (Å²) >= 11 is 0. The highest BCUT2D eigenvalue weighted by atomic mass is 16.2. The molecule has 0 saturated heterocycles. The molecule has 16 heavy (non-hydrogen) atoms. The van der Waals surface area contributed by atoms with Crippen molar-refractivity contribution in [1.29, 1.82) is 0 Å². The maximum atomic E-state index is 12.1. The number of amidine groups is 1. The van der Waals surface area contributed by atoms with Crippen molar-refractivity contribution in [3.05, 3.63) is 12.0 Å². The molecule has 0 fully saturated rings. The zero-order valence-electron chi connectivity index (χ0n) is 9.51. The van der Waals surface area contributed by atoms with Gasteiger partial charge >= 0.3 is 6.03 Å². The minimum absolute atomic E-state index is 0.0463. The number of urea groups is 1. The van der Waals surface area contributed by atoms with Crippen molar-refractivity contribution in [2.45, 2.75) is 13.0 Å². The Hall–Kier alpha value is -1.85. The Labute approximate surface area is 93.2 Å². The number of rotatable bonds is 0. The van der Waals surface area contributed by atoms with Crippen LogP contribution in [0.5, 0.6) is 0 Å². The molecule has 0 bridgehead atoms. The van der Waals surface area contributed by atoms with Crippen molar-refractivity contribution >= 4 is 17.7 Å². The normalized spacial score (nSPS) is 23.3. The van der Waals surface area contributed by atoms with E-state index in [1.165, 1.54) is 0 Å². The summed E-state index contributed by atoms with van der Waals surface area (Å²) in [5.74, 6) is 1.45. The topological polar surface area (TPSA) is 53.7 Å².